The van der Waals surface area contributed by atoms with Gasteiger partial charge in [-0.2, -0.15) is 0 Å². The van der Waals surface area contributed by atoms with E-state index in [9.17, 15) is 13.9 Å². The molecule has 0 saturated heterocycles. The van der Waals surface area contributed by atoms with E-state index >= 15 is 0 Å². The van der Waals surface area contributed by atoms with Gasteiger partial charge < -0.3 is 5.11 Å². The lowest BCUT2D eigenvalue weighted by Gasteiger charge is -2.12. The van der Waals surface area contributed by atoms with E-state index in [1.165, 1.54) is 30.3 Å². The summed E-state index contributed by atoms with van der Waals surface area (Å²) in [5.74, 6) is -0.892. The minimum absolute atomic E-state index is 0.327. The lowest BCUT2D eigenvalue weighted by Crippen LogP contribution is -2.00. The Morgan fingerprint density at radius 2 is 1.71 bits per heavy atom. The fourth-order valence-electron chi connectivity index (χ4n) is 1.55. The topological polar surface area (TPSA) is 20.2 Å². The second-order valence-electron chi connectivity index (χ2n) is 3.63. The van der Waals surface area contributed by atoms with Gasteiger partial charge in [-0.05, 0) is 51.3 Å². The minimum atomic E-state index is -1.03. The molecule has 0 fully saturated rings. The predicted molar refractivity (Wildman–Crippen MR) is 64.6 cm³/mol. The van der Waals surface area contributed by atoms with Crippen molar-refractivity contribution in [1.29, 1.82) is 0 Å². The van der Waals surface area contributed by atoms with Crippen molar-refractivity contribution in [1.82, 2.24) is 0 Å². The zero-order chi connectivity index (χ0) is 12.4. The highest BCUT2D eigenvalue weighted by Crippen LogP contribution is 2.25. The van der Waals surface area contributed by atoms with Crippen molar-refractivity contribution in [2.75, 3.05) is 0 Å². The van der Waals surface area contributed by atoms with Gasteiger partial charge in [-0.3, -0.25) is 0 Å². The molecule has 0 saturated carbocycles. The summed E-state index contributed by atoms with van der Waals surface area (Å²) in [7, 11) is 0. The standard InChI is InChI=1S/C13H9BrF2O/c14-11-5-4-9(7-12(11)16)13(17)8-2-1-3-10(15)6-8/h1-7,13,17H. The van der Waals surface area contributed by atoms with Gasteiger partial charge in [0.2, 0.25) is 0 Å². The van der Waals surface area contributed by atoms with Gasteiger partial charge in [-0.25, -0.2) is 8.78 Å². The molecule has 1 N–H and O–H groups in total. The highest BCUT2D eigenvalue weighted by atomic mass is 79.9. The van der Waals surface area contributed by atoms with Crippen LogP contribution in [0.25, 0.3) is 0 Å². The molecule has 0 heterocycles. The van der Waals surface area contributed by atoms with E-state index in [-0.39, 0.29) is 0 Å². The first kappa shape index (κ1) is 12.2. The van der Waals surface area contributed by atoms with Crippen molar-refractivity contribution in [3.63, 3.8) is 0 Å². The number of aliphatic hydroxyl groups excluding tert-OH is 1. The molecule has 1 nitrogen and oxygen atoms in total. The molecule has 0 spiro atoms. The predicted octanol–water partition coefficient (Wildman–Crippen LogP) is 3.81. The van der Waals surface area contributed by atoms with Crippen LogP contribution in [0.15, 0.2) is 46.9 Å². The zero-order valence-corrected chi connectivity index (χ0v) is 10.3. The van der Waals surface area contributed by atoms with Crippen LogP contribution < -0.4 is 0 Å². The molecule has 88 valence electrons. The van der Waals surface area contributed by atoms with Gasteiger partial charge in [-0.1, -0.05) is 18.2 Å². The number of hydrogen-bond acceptors (Lipinski definition) is 1. The Morgan fingerprint density at radius 3 is 2.35 bits per heavy atom. The first-order valence-corrected chi connectivity index (χ1v) is 5.75. The second kappa shape index (κ2) is 4.94. The molecule has 2 rings (SSSR count). The lowest BCUT2D eigenvalue weighted by atomic mass is 10.0. The summed E-state index contributed by atoms with van der Waals surface area (Å²) in [5, 5.41) is 9.98. The molecule has 0 radical (unpaired) electrons. The third kappa shape index (κ3) is 2.70. The Hall–Kier alpha value is -1.26. The molecule has 0 aliphatic carbocycles. The summed E-state index contributed by atoms with van der Waals surface area (Å²) in [5.41, 5.74) is 0.781. The summed E-state index contributed by atoms with van der Waals surface area (Å²) in [4.78, 5) is 0. The maximum absolute atomic E-state index is 13.3. The monoisotopic (exact) mass is 298 g/mol. The van der Waals surface area contributed by atoms with Crippen LogP contribution in [0.1, 0.15) is 17.2 Å². The summed E-state index contributed by atoms with van der Waals surface area (Å²) in [6.07, 6.45) is -1.03. The Labute approximate surface area is 106 Å². The first-order valence-electron chi connectivity index (χ1n) is 4.96. The van der Waals surface area contributed by atoms with Gasteiger partial charge in [0.15, 0.2) is 0 Å². The van der Waals surface area contributed by atoms with E-state index < -0.39 is 17.7 Å². The molecule has 0 bridgehead atoms. The van der Waals surface area contributed by atoms with Crippen LogP contribution in [0.4, 0.5) is 8.78 Å². The van der Waals surface area contributed by atoms with Crippen molar-refractivity contribution < 1.29 is 13.9 Å². The van der Waals surface area contributed by atoms with E-state index in [4.69, 9.17) is 0 Å². The fraction of sp³-hybridized carbons (Fsp3) is 0.0769. The average molecular weight is 299 g/mol. The second-order valence-corrected chi connectivity index (χ2v) is 4.49. The quantitative estimate of drug-likeness (QED) is 0.894. The molecule has 1 unspecified atom stereocenters. The van der Waals surface area contributed by atoms with E-state index in [2.05, 4.69) is 15.9 Å². The Balaban J connectivity index is 2.36. The van der Waals surface area contributed by atoms with E-state index in [1.54, 1.807) is 12.1 Å². The first-order chi connectivity index (χ1) is 8.08. The Kier molecular flexibility index (Phi) is 3.54. The van der Waals surface area contributed by atoms with Crippen LogP contribution in [-0.2, 0) is 0 Å². The number of aliphatic hydroxyl groups is 1. The molecule has 1 atom stereocenters. The molecule has 2 aromatic rings. The van der Waals surface area contributed by atoms with Crippen molar-refractivity contribution in [2.24, 2.45) is 0 Å². The normalized spacial score (nSPS) is 12.5. The van der Waals surface area contributed by atoms with Crippen LogP contribution in [0.2, 0.25) is 0 Å². The molecule has 4 heteroatoms. The van der Waals surface area contributed by atoms with Crippen molar-refractivity contribution in [2.45, 2.75) is 6.10 Å². The summed E-state index contributed by atoms with van der Waals surface area (Å²) in [6, 6.07) is 9.93. The smallest absolute Gasteiger partial charge is 0.137 e. The van der Waals surface area contributed by atoms with Gasteiger partial charge >= 0.3 is 0 Å². The van der Waals surface area contributed by atoms with E-state index in [0.717, 1.165) is 0 Å². The van der Waals surface area contributed by atoms with Crippen molar-refractivity contribution in [3.8, 4) is 0 Å². The molecule has 0 aromatic heterocycles. The largest absolute Gasteiger partial charge is 0.384 e. The molecule has 17 heavy (non-hydrogen) atoms. The molecule has 0 aliphatic heterocycles. The molecular formula is C13H9BrF2O. The van der Waals surface area contributed by atoms with Crippen LogP contribution >= 0.6 is 15.9 Å². The molecule has 0 aliphatic rings. The number of halogens is 3. The number of rotatable bonds is 2. The maximum atomic E-state index is 13.3. The summed E-state index contributed by atoms with van der Waals surface area (Å²) < 4.78 is 26.6. The Morgan fingerprint density at radius 1 is 1.00 bits per heavy atom. The maximum Gasteiger partial charge on any atom is 0.137 e. The molecular weight excluding hydrogens is 290 g/mol. The zero-order valence-electron chi connectivity index (χ0n) is 8.70. The van der Waals surface area contributed by atoms with Crippen LogP contribution in [0.3, 0.4) is 0 Å². The van der Waals surface area contributed by atoms with E-state index in [0.29, 0.717) is 15.6 Å². The van der Waals surface area contributed by atoms with Crippen LogP contribution in [-0.4, -0.2) is 5.11 Å². The number of hydrogen-bond donors (Lipinski definition) is 1. The van der Waals surface area contributed by atoms with Gasteiger partial charge in [0.25, 0.3) is 0 Å². The van der Waals surface area contributed by atoms with Gasteiger partial charge in [0.05, 0.1) is 4.47 Å². The summed E-state index contributed by atoms with van der Waals surface area (Å²) in [6.45, 7) is 0. The van der Waals surface area contributed by atoms with E-state index in [1.807, 2.05) is 0 Å². The van der Waals surface area contributed by atoms with Gasteiger partial charge in [0, 0.05) is 0 Å². The SMILES string of the molecule is OC(c1cccc(F)c1)c1ccc(Br)c(F)c1. The van der Waals surface area contributed by atoms with Gasteiger partial charge in [0.1, 0.15) is 17.7 Å². The molecule has 0 amide bonds. The Bertz CT molecular complexity index is 543. The summed E-state index contributed by atoms with van der Waals surface area (Å²) >= 11 is 3.03. The van der Waals surface area contributed by atoms with Crippen LogP contribution in [0, 0.1) is 11.6 Å². The average Bonchev–Trinajstić information content (AvgIpc) is 2.32. The number of benzene rings is 2. The third-order valence-electron chi connectivity index (χ3n) is 2.42. The fourth-order valence-corrected chi connectivity index (χ4v) is 1.80. The highest BCUT2D eigenvalue weighted by molar-refractivity contribution is 9.10. The van der Waals surface area contributed by atoms with Crippen molar-refractivity contribution >= 4 is 15.9 Å². The van der Waals surface area contributed by atoms with Gasteiger partial charge in [-0.15, -0.1) is 0 Å². The minimum Gasteiger partial charge on any atom is -0.384 e. The van der Waals surface area contributed by atoms with Crippen LogP contribution in [0.5, 0.6) is 0 Å². The molecule has 2 aromatic carbocycles. The highest BCUT2D eigenvalue weighted by Gasteiger charge is 2.12. The third-order valence-corrected chi connectivity index (χ3v) is 3.07. The van der Waals surface area contributed by atoms with Crippen molar-refractivity contribution in [3.05, 3.63) is 69.7 Å². The lowest BCUT2D eigenvalue weighted by molar-refractivity contribution is 0.219.